The average Bonchev–Trinajstić information content (AvgIpc) is 2.83. The second kappa shape index (κ2) is 6.46. The highest BCUT2D eigenvalue weighted by molar-refractivity contribution is 8.27. The van der Waals surface area contributed by atoms with Crippen molar-refractivity contribution in [3.8, 4) is 5.75 Å². The first-order valence-corrected chi connectivity index (χ1v) is 8.06. The monoisotopic (exact) mass is 356 g/mol. The molecule has 1 saturated heterocycles. The molecule has 3 rings (SSSR count). The second-order valence-corrected chi connectivity index (χ2v) is 6.62. The van der Waals surface area contributed by atoms with Crippen molar-refractivity contribution in [2.45, 2.75) is 0 Å². The molecule has 5 nitrogen and oxygen atoms in total. The van der Waals surface area contributed by atoms with Gasteiger partial charge in [0.2, 0.25) is 0 Å². The third-order valence-electron chi connectivity index (χ3n) is 3.32. The molecular formula is C17H10NO4S2-. The fourth-order valence-corrected chi connectivity index (χ4v) is 3.48. The van der Waals surface area contributed by atoms with Gasteiger partial charge in [-0.15, -0.1) is 5.75 Å². The van der Waals surface area contributed by atoms with Crippen LogP contribution in [0.15, 0.2) is 53.4 Å². The molecule has 0 aliphatic carbocycles. The highest BCUT2D eigenvalue weighted by Gasteiger charge is 2.33. The van der Waals surface area contributed by atoms with Crippen LogP contribution in [-0.4, -0.2) is 21.3 Å². The summed E-state index contributed by atoms with van der Waals surface area (Å²) in [5.41, 5.74) is 1.21. The quantitative estimate of drug-likeness (QED) is 0.673. The molecule has 0 radical (unpaired) electrons. The van der Waals surface area contributed by atoms with Gasteiger partial charge in [-0.1, -0.05) is 54.3 Å². The topological polar surface area (TPSA) is 80.7 Å². The van der Waals surface area contributed by atoms with E-state index >= 15 is 0 Å². The van der Waals surface area contributed by atoms with Gasteiger partial charge in [-0.25, -0.2) is 4.79 Å². The smallest absolute Gasteiger partial charge is 0.335 e. The lowest BCUT2D eigenvalue weighted by Crippen LogP contribution is -2.27. The van der Waals surface area contributed by atoms with E-state index in [1.165, 1.54) is 29.2 Å². The first-order valence-electron chi connectivity index (χ1n) is 6.84. The number of nitrogens with zero attached hydrogens (tertiary/aromatic N) is 1. The average molecular weight is 356 g/mol. The third-order valence-corrected chi connectivity index (χ3v) is 4.63. The van der Waals surface area contributed by atoms with Gasteiger partial charge in [-0.05, 0) is 29.8 Å². The van der Waals surface area contributed by atoms with E-state index in [4.69, 9.17) is 17.3 Å². The summed E-state index contributed by atoms with van der Waals surface area (Å²) in [5.74, 6) is -1.50. The molecule has 1 amide bonds. The molecule has 1 aliphatic heterocycles. The summed E-state index contributed by atoms with van der Waals surface area (Å²) in [6.45, 7) is 0. The predicted octanol–water partition coefficient (Wildman–Crippen LogP) is 2.86. The van der Waals surface area contributed by atoms with E-state index in [1.807, 2.05) is 0 Å². The van der Waals surface area contributed by atoms with Gasteiger partial charge in [-0.2, -0.15) is 0 Å². The fourth-order valence-electron chi connectivity index (χ4n) is 2.18. The second-order valence-electron chi connectivity index (χ2n) is 4.94. The third kappa shape index (κ3) is 3.17. The largest absolute Gasteiger partial charge is 0.872 e. The molecule has 1 aliphatic rings. The van der Waals surface area contributed by atoms with Gasteiger partial charge < -0.3 is 10.2 Å². The number of hydrogen-bond donors (Lipinski definition) is 1. The normalized spacial score (nSPS) is 16.0. The molecule has 24 heavy (non-hydrogen) atoms. The standard InChI is InChI=1S/C17H11NO4S2/c19-13-6-4-10(5-7-13)8-14-15(20)18(17(23)24-14)12-3-1-2-11(9-12)16(21)22/h1-9,19H,(H,21,22)/p-1. The lowest BCUT2D eigenvalue weighted by Gasteiger charge is -2.14. The summed E-state index contributed by atoms with van der Waals surface area (Å²) in [6, 6.07) is 12.1. The van der Waals surface area contributed by atoms with Gasteiger partial charge in [0.1, 0.15) is 0 Å². The van der Waals surface area contributed by atoms with Crippen LogP contribution in [0.4, 0.5) is 5.69 Å². The number of thioether (sulfide) groups is 1. The number of carboxylic acid groups (broad SMARTS) is 1. The number of anilines is 1. The first kappa shape index (κ1) is 16.2. The van der Waals surface area contributed by atoms with Crippen LogP contribution in [0, 0.1) is 0 Å². The van der Waals surface area contributed by atoms with Crippen LogP contribution in [0.3, 0.4) is 0 Å². The lowest BCUT2D eigenvalue weighted by molar-refractivity contribution is -0.268. The van der Waals surface area contributed by atoms with E-state index in [1.54, 1.807) is 30.3 Å². The number of carbonyl (C=O) groups is 2. The molecule has 0 atom stereocenters. The lowest BCUT2D eigenvalue weighted by atomic mass is 10.2. The van der Waals surface area contributed by atoms with Gasteiger partial charge in [0.25, 0.3) is 5.91 Å². The maximum atomic E-state index is 12.6. The number of rotatable bonds is 3. The van der Waals surface area contributed by atoms with Crippen molar-refractivity contribution in [3.63, 3.8) is 0 Å². The molecule has 120 valence electrons. The summed E-state index contributed by atoms with van der Waals surface area (Å²) < 4.78 is 0.328. The molecule has 0 aromatic heterocycles. The van der Waals surface area contributed by atoms with Crippen molar-refractivity contribution >= 4 is 51.9 Å². The number of thiocarbonyl (C=S) groups is 1. The zero-order valence-corrected chi connectivity index (χ0v) is 13.8. The van der Waals surface area contributed by atoms with Gasteiger partial charge in [0, 0.05) is 0 Å². The highest BCUT2D eigenvalue weighted by Crippen LogP contribution is 2.36. The molecule has 7 heteroatoms. The maximum absolute atomic E-state index is 12.6. The maximum Gasteiger partial charge on any atom is 0.335 e. The summed E-state index contributed by atoms with van der Waals surface area (Å²) in [4.78, 5) is 25.4. The number of aromatic carboxylic acids is 1. The summed E-state index contributed by atoms with van der Waals surface area (Å²) in [7, 11) is 0. The molecule has 0 bridgehead atoms. The fraction of sp³-hybridized carbons (Fsp3) is 0. The van der Waals surface area contributed by atoms with Gasteiger partial charge in [0.15, 0.2) is 4.32 Å². The van der Waals surface area contributed by atoms with Gasteiger partial charge in [-0.3, -0.25) is 9.69 Å². The van der Waals surface area contributed by atoms with E-state index in [2.05, 4.69) is 0 Å². The molecule has 2 aromatic carbocycles. The van der Waals surface area contributed by atoms with Crippen LogP contribution in [0.25, 0.3) is 6.08 Å². The van der Waals surface area contributed by atoms with E-state index in [0.29, 0.717) is 14.9 Å². The Bertz CT molecular complexity index is 874. The summed E-state index contributed by atoms with van der Waals surface area (Å²) in [5, 5.41) is 20.2. The van der Waals surface area contributed by atoms with E-state index in [9.17, 15) is 14.7 Å². The Balaban J connectivity index is 1.93. The van der Waals surface area contributed by atoms with Crippen LogP contribution >= 0.6 is 24.0 Å². The number of carbonyl (C=O) groups excluding carboxylic acids is 1. The van der Waals surface area contributed by atoms with Crippen molar-refractivity contribution in [2.24, 2.45) is 0 Å². The number of amides is 1. The van der Waals surface area contributed by atoms with E-state index < -0.39 is 5.97 Å². The first-order chi connectivity index (χ1) is 11.5. The Morgan fingerprint density at radius 3 is 2.58 bits per heavy atom. The summed E-state index contributed by atoms with van der Waals surface area (Å²) in [6.07, 6.45) is 1.65. The molecule has 0 saturated carbocycles. The van der Waals surface area contributed by atoms with E-state index in [-0.39, 0.29) is 17.2 Å². The van der Waals surface area contributed by atoms with E-state index in [0.717, 1.165) is 17.3 Å². The van der Waals surface area contributed by atoms with Crippen LogP contribution in [0.2, 0.25) is 0 Å². The minimum atomic E-state index is -1.07. The Kier molecular flexibility index (Phi) is 4.37. The molecule has 1 fully saturated rings. The zero-order chi connectivity index (χ0) is 17.3. The van der Waals surface area contributed by atoms with Crippen molar-refractivity contribution in [1.82, 2.24) is 0 Å². The van der Waals surface area contributed by atoms with Crippen molar-refractivity contribution < 1.29 is 19.8 Å². The Hall–Kier alpha value is -2.64. The van der Waals surface area contributed by atoms with Crippen LogP contribution < -0.4 is 10.0 Å². The molecule has 0 spiro atoms. The minimum Gasteiger partial charge on any atom is -0.872 e. The molecular weight excluding hydrogens is 346 g/mol. The number of carboxylic acids is 1. The Labute approximate surface area is 147 Å². The SMILES string of the molecule is O=C(O)c1cccc(N2C(=O)C(=Cc3ccc([O-])cc3)SC2=S)c1. The predicted molar refractivity (Wildman–Crippen MR) is 94.9 cm³/mol. The van der Waals surface area contributed by atoms with Gasteiger partial charge in [0.05, 0.1) is 16.2 Å². The number of hydrogen-bond acceptors (Lipinski definition) is 5. The van der Waals surface area contributed by atoms with Crippen molar-refractivity contribution in [2.75, 3.05) is 4.90 Å². The highest BCUT2D eigenvalue weighted by atomic mass is 32.2. The van der Waals surface area contributed by atoms with Crippen molar-refractivity contribution in [1.29, 1.82) is 0 Å². The van der Waals surface area contributed by atoms with Crippen molar-refractivity contribution in [3.05, 3.63) is 64.6 Å². The van der Waals surface area contributed by atoms with Crippen LogP contribution in [0.5, 0.6) is 5.75 Å². The minimum absolute atomic E-state index is 0.0802. The van der Waals surface area contributed by atoms with Gasteiger partial charge >= 0.3 is 5.97 Å². The molecule has 1 heterocycles. The zero-order valence-electron chi connectivity index (χ0n) is 12.1. The molecule has 1 N–H and O–H groups in total. The Morgan fingerprint density at radius 2 is 1.92 bits per heavy atom. The Morgan fingerprint density at radius 1 is 1.21 bits per heavy atom. The van der Waals surface area contributed by atoms with Crippen LogP contribution in [-0.2, 0) is 4.79 Å². The number of benzene rings is 2. The molecule has 2 aromatic rings. The van der Waals surface area contributed by atoms with Crippen LogP contribution in [0.1, 0.15) is 15.9 Å². The molecule has 0 unspecified atom stereocenters. The summed E-state index contributed by atoms with van der Waals surface area (Å²) >= 11 is 6.39.